The maximum atomic E-state index is 13.1. The lowest BCUT2D eigenvalue weighted by atomic mass is 9.99. The van der Waals surface area contributed by atoms with Crippen LogP contribution in [-0.2, 0) is 17.8 Å². The molecule has 0 bridgehead atoms. The van der Waals surface area contributed by atoms with E-state index in [-0.39, 0.29) is 11.9 Å². The number of nitrogens with zero attached hydrogens (tertiary/aromatic N) is 3. The highest BCUT2D eigenvalue weighted by molar-refractivity contribution is 6.30. The third-order valence-corrected chi connectivity index (χ3v) is 6.41. The van der Waals surface area contributed by atoms with Crippen molar-refractivity contribution in [3.63, 3.8) is 0 Å². The van der Waals surface area contributed by atoms with Gasteiger partial charge in [-0.15, -0.1) is 0 Å². The van der Waals surface area contributed by atoms with Gasteiger partial charge < -0.3 is 9.80 Å². The van der Waals surface area contributed by atoms with Crippen LogP contribution in [0.1, 0.15) is 23.6 Å². The molecule has 2 aliphatic rings. The van der Waals surface area contributed by atoms with E-state index in [0.29, 0.717) is 0 Å². The largest absolute Gasteiger partial charge is 0.369 e. The average molecular weight is 398 g/mol. The second-order valence-electron chi connectivity index (χ2n) is 7.91. The van der Waals surface area contributed by atoms with Crippen LogP contribution in [0.5, 0.6) is 0 Å². The molecule has 0 aromatic heterocycles. The maximum absolute atomic E-state index is 13.1. The molecule has 0 unspecified atom stereocenters. The molecule has 1 amide bonds. The van der Waals surface area contributed by atoms with Gasteiger partial charge in [-0.25, -0.2) is 0 Å². The molecular weight excluding hydrogens is 370 g/mol. The van der Waals surface area contributed by atoms with Gasteiger partial charge in [0.1, 0.15) is 0 Å². The zero-order chi connectivity index (χ0) is 19.7. The average Bonchev–Trinajstić information content (AvgIpc) is 2.74. The summed E-state index contributed by atoms with van der Waals surface area (Å²) in [6.07, 6.45) is 0.955. The lowest BCUT2D eigenvalue weighted by Gasteiger charge is -2.41. The quantitative estimate of drug-likeness (QED) is 0.789. The molecule has 5 heteroatoms. The SMILES string of the molecule is Cc1ccc(Cl)cc1N1CCN([C@@H](C)C(=O)N2CCc3ccccc3C2)CC1. The summed E-state index contributed by atoms with van der Waals surface area (Å²) in [6.45, 7) is 9.36. The number of piperazine rings is 1. The highest BCUT2D eigenvalue weighted by Gasteiger charge is 2.30. The van der Waals surface area contributed by atoms with Gasteiger partial charge in [0.05, 0.1) is 6.04 Å². The first-order chi connectivity index (χ1) is 13.5. The minimum absolute atomic E-state index is 0.0760. The monoisotopic (exact) mass is 397 g/mol. The number of halogens is 1. The zero-order valence-electron chi connectivity index (χ0n) is 16.7. The highest BCUT2D eigenvalue weighted by atomic mass is 35.5. The Morgan fingerprint density at radius 2 is 1.71 bits per heavy atom. The number of carbonyl (C=O) groups excluding carboxylic acids is 1. The molecular formula is C23H28ClN3O. The van der Waals surface area contributed by atoms with E-state index in [1.807, 2.05) is 17.0 Å². The molecule has 0 saturated carbocycles. The second-order valence-corrected chi connectivity index (χ2v) is 8.34. The van der Waals surface area contributed by atoms with Crippen LogP contribution < -0.4 is 4.90 Å². The Balaban J connectivity index is 1.37. The van der Waals surface area contributed by atoms with Crippen LogP contribution in [0.15, 0.2) is 42.5 Å². The summed E-state index contributed by atoms with van der Waals surface area (Å²) in [5.74, 6) is 0.252. The molecule has 2 heterocycles. The molecule has 2 aromatic carbocycles. The Kier molecular flexibility index (Phi) is 5.61. The predicted octanol–water partition coefficient (Wildman–Crippen LogP) is 3.74. The fourth-order valence-corrected chi connectivity index (χ4v) is 4.54. The summed E-state index contributed by atoms with van der Waals surface area (Å²) in [7, 11) is 0. The van der Waals surface area contributed by atoms with Crippen LogP contribution in [0.2, 0.25) is 5.02 Å². The minimum atomic E-state index is -0.0760. The number of aryl methyl sites for hydroxylation is 1. The highest BCUT2D eigenvalue weighted by Crippen LogP contribution is 2.26. The Labute approximate surface area is 172 Å². The van der Waals surface area contributed by atoms with Crippen LogP contribution >= 0.6 is 11.6 Å². The first kappa shape index (κ1) is 19.3. The van der Waals surface area contributed by atoms with Crippen molar-refractivity contribution >= 4 is 23.2 Å². The summed E-state index contributed by atoms with van der Waals surface area (Å²) in [5.41, 5.74) is 5.12. The van der Waals surface area contributed by atoms with Crippen molar-refractivity contribution < 1.29 is 4.79 Å². The van der Waals surface area contributed by atoms with E-state index in [4.69, 9.17) is 11.6 Å². The summed E-state index contributed by atoms with van der Waals surface area (Å²) in [4.78, 5) is 19.8. The third kappa shape index (κ3) is 3.89. The van der Waals surface area contributed by atoms with Gasteiger partial charge in [0, 0.05) is 50.0 Å². The first-order valence-corrected chi connectivity index (χ1v) is 10.5. The Bertz CT molecular complexity index is 861. The molecule has 0 spiro atoms. The van der Waals surface area contributed by atoms with Crippen LogP contribution in [-0.4, -0.2) is 54.5 Å². The van der Waals surface area contributed by atoms with E-state index in [1.165, 1.54) is 22.4 Å². The van der Waals surface area contributed by atoms with E-state index in [0.717, 1.165) is 50.7 Å². The van der Waals surface area contributed by atoms with Gasteiger partial charge >= 0.3 is 0 Å². The zero-order valence-corrected chi connectivity index (χ0v) is 17.5. The molecule has 0 aliphatic carbocycles. The standard InChI is InChI=1S/C23H28ClN3O/c1-17-7-8-21(24)15-22(17)26-13-11-25(12-14-26)18(2)23(28)27-10-9-19-5-3-4-6-20(19)16-27/h3-8,15,18H,9-14,16H2,1-2H3/t18-/m0/s1. The number of amides is 1. The summed E-state index contributed by atoms with van der Waals surface area (Å²) >= 11 is 6.19. The molecule has 148 valence electrons. The molecule has 2 aromatic rings. The molecule has 1 atom stereocenters. The fourth-order valence-electron chi connectivity index (χ4n) is 4.38. The smallest absolute Gasteiger partial charge is 0.239 e. The minimum Gasteiger partial charge on any atom is -0.369 e. The number of benzene rings is 2. The van der Waals surface area contributed by atoms with Gasteiger partial charge in [0.25, 0.3) is 0 Å². The van der Waals surface area contributed by atoms with Crippen molar-refractivity contribution in [3.05, 3.63) is 64.2 Å². The Morgan fingerprint density at radius 3 is 2.46 bits per heavy atom. The molecule has 0 radical (unpaired) electrons. The van der Waals surface area contributed by atoms with E-state index in [9.17, 15) is 4.79 Å². The van der Waals surface area contributed by atoms with Crippen molar-refractivity contribution in [1.82, 2.24) is 9.80 Å². The fraction of sp³-hybridized carbons (Fsp3) is 0.435. The molecule has 28 heavy (non-hydrogen) atoms. The lowest BCUT2D eigenvalue weighted by molar-refractivity contribution is -0.137. The van der Waals surface area contributed by atoms with Crippen molar-refractivity contribution in [2.75, 3.05) is 37.6 Å². The first-order valence-electron chi connectivity index (χ1n) is 10.1. The van der Waals surface area contributed by atoms with Crippen LogP contribution in [0, 0.1) is 6.92 Å². The Hall–Kier alpha value is -2.04. The number of hydrogen-bond donors (Lipinski definition) is 0. The third-order valence-electron chi connectivity index (χ3n) is 6.17. The van der Waals surface area contributed by atoms with E-state index >= 15 is 0 Å². The Morgan fingerprint density at radius 1 is 1.00 bits per heavy atom. The summed E-state index contributed by atoms with van der Waals surface area (Å²) < 4.78 is 0. The number of hydrogen-bond acceptors (Lipinski definition) is 3. The number of carbonyl (C=O) groups is 1. The molecule has 4 nitrogen and oxygen atoms in total. The van der Waals surface area contributed by atoms with Gasteiger partial charge in [0.2, 0.25) is 5.91 Å². The molecule has 1 saturated heterocycles. The second kappa shape index (κ2) is 8.14. The number of fused-ring (bicyclic) bond motifs is 1. The van der Waals surface area contributed by atoms with Crippen molar-refractivity contribution in [3.8, 4) is 0 Å². The van der Waals surface area contributed by atoms with Crippen molar-refractivity contribution in [2.45, 2.75) is 32.9 Å². The van der Waals surface area contributed by atoms with Gasteiger partial charge in [-0.05, 0) is 49.1 Å². The van der Waals surface area contributed by atoms with Crippen molar-refractivity contribution in [1.29, 1.82) is 0 Å². The lowest BCUT2D eigenvalue weighted by Crippen LogP contribution is -2.55. The molecule has 1 fully saturated rings. The summed E-state index contributed by atoms with van der Waals surface area (Å²) in [6, 6.07) is 14.5. The van der Waals surface area contributed by atoms with Crippen LogP contribution in [0.25, 0.3) is 0 Å². The molecule has 0 N–H and O–H groups in total. The van der Waals surface area contributed by atoms with Gasteiger partial charge in [-0.1, -0.05) is 41.9 Å². The number of rotatable bonds is 3. The van der Waals surface area contributed by atoms with Gasteiger partial charge in [0.15, 0.2) is 0 Å². The topological polar surface area (TPSA) is 26.8 Å². The van der Waals surface area contributed by atoms with E-state index < -0.39 is 0 Å². The van der Waals surface area contributed by atoms with E-state index in [2.05, 4.69) is 54.0 Å². The number of anilines is 1. The van der Waals surface area contributed by atoms with Crippen molar-refractivity contribution in [2.24, 2.45) is 0 Å². The summed E-state index contributed by atoms with van der Waals surface area (Å²) in [5, 5.41) is 0.775. The van der Waals surface area contributed by atoms with Gasteiger partial charge in [-0.3, -0.25) is 9.69 Å². The van der Waals surface area contributed by atoms with Crippen LogP contribution in [0.4, 0.5) is 5.69 Å². The molecule has 4 rings (SSSR count). The predicted molar refractivity (Wildman–Crippen MR) is 115 cm³/mol. The van der Waals surface area contributed by atoms with Gasteiger partial charge in [-0.2, -0.15) is 0 Å². The molecule has 2 aliphatic heterocycles. The van der Waals surface area contributed by atoms with Crippen LogP contribution in [0.3, 0.4) is 0 Å². The maximum Gasteiger partial charge on any atom is 0.239 e. The van der Waals surface area contributed by atoms with E-state index in [1.54, 1.807) is 0 Å². The normalized spacial score (nSPS) is 18.7.